The molecule has 0 bridgehead atoms. The Morgan fingerprint density at radius 3 is 2.75 bits per heavy atom. The fourth-order valence-corrected chi connectivity index (χ4v) is 1.90. The van der Waals surface area contributed by atoms with Gasteiger partial charge in [0.2, 0.25) is 0 Å². The minimum Gasteiger partial charge on any atom is -0.481 e. The molecule has 1 aromatic carbocycles. The molecule has 0 fully saturated rings. The van der Waals surface area contributed by atoms with Crippen LogP contribution in [0.25, 0.3) is 0 Å². The van der Waals surface area contributed by atoms with Gasteiger partial charge in [0, 0.05) is 11.6 Å². The van der Waals surface area contributed by atoms with Gasteiger partial charge in [0.1, 0.15) is 11.6 Å². The van der Waals surface area contributed by atoms with E-state index < -0.39 is 11.9 Å². The first-order valence-electron chi connectivity index (χ1n) is 6.84. The van der Waals surface area contributed by atoms with E-state index in [0.29, 0.717) is 11.3 Å². The van der Waals surface area contributed by atoms with Gasteiger partial charge in [0.15, 0.2) is 6.10 Å². The van der Waals surface area contributed by atoms with Crippen molar-refractivity contribution in [2.75, 3.05) is 0 Å². The molecule has 0 aliphatic carbocycles. The lowest BCUT2D eigenvalue weighted by molar-refractivity contribution is -0.127. The van der Waals surface area contributed by atoms with Crippen LogP contribution in [0.3, 0.4) is 0 Å². The van der Waals surface area contributed by atoms with Crippen LogP contribution in [0.15, 0.2) is 18.2 Å². The number of amides is 1. The largest absolute Gasteiger partial charge is 0.481 e. The van der Waals surface area contributed by atoms with Crippen LogP contribution in [0, 0.1) is 5.82 Å². The molecule has 0 aliphatic rings. The zero-order valence-corrected chi connectivity index (χ0v) is 12.1. The first-order valence-corrected chi connectivity index (χ1v) is 6.84. The number of carbonyl (C=O) groups excluding carboxylic acids is 1. The molecule has 0 aromatic heterocycles. The Labute approximate surface area is 119 Å². The smallest absolute Gasteiger partial charge is 0.260 e. The van der Waals surface area contributed by atoms with Crippen LogP contribution in [0.4, 0.5) is 4.39 Å². The Bertz CT molecular complexity index is 451. The van der Waals surface area contributed by atoms with Gasteiger partial charge in [-0.05, 0) is 38.5 Å². The van der Waals surface area contributed by atoms with Gasteiger partial charge in [-0.25, -0.2) is 4.39 Å². The number of nitrogens with one attached hydrogen (secondary N) is 1. The van der Waals surface area contributed by atoms with E-state index in [1.165, 1.54) is 18.2 Å². The summed E-state index contributed by atoms with van der Waals surface area (Å²) in [6, 6.07) is 3.93. The van der Waals surface area contributed by atoms with E-state index in [1.54, 1.807) is 6.92 Å². The second-order valence-electron chi connectivity index (χ2n) is 4.87. The number of rotatable bonds is 7. The van der Waals surface area contributed by atoms with Crippen LogP contribution in [-0.2, 0) is 11.4 Å². The third kappa shape index (κ3) is 4.81. The maximum absolute atomic E-state index is 13.0. The highest BCUT2D eigenvalue weighted by Crippen LogP contribution is 2.21. The summed E-state index contributed by atoms with van der Waals surface area (Å²) in [5, 5.41) is 12.0. The molecule has 0 saturated heterocycles. The predicted octanol–water partition coefficient (Wildman–Crippen LogP) is 2.39. The van der Waals surface area contributed by atoms with E-state index in [-0.39, 0.29) is 18.6 Å². The maximum Gasteiger partial charge on any atom is 0.260 e. The minimum atomic E-state index is -0.704. The second kappa shape index (κ2) is 7.85. The van der Waals surface area contributed by atoms with Gasteiger partial charge in [-0.3, -0.25) is 4.79 Å². The highest BCUT2D eigenvalue weighted by Gasteiger charge is 2.18. The predicted molar refractivity (Wildman–Crippen MR) is 74.9 cm³/mol. The number of aliphatic hydroxyl groups is 1. The minimum absolute atomic E-state index is 0.0871. The normalized spacial score (nSPS) is 13.7. The third-order valence-corrected chi connectivity index (χ3v) is 2.98. The van der Waals surface area contributed by atoms with Crippen LogP contribution >= 0.6 is 0 Å². The van der Waals surface area contributed by atoms with E-state index in [9.17, 15) is 9.18 Å². The lowest BCUT2D eigenvalue weighted by Gasteiger charge is -2.19. The molecular weight excluding hydrogens is 261 g/mol. The number of halogens is 1. The van der Waals surface area contributed by atoms with Crippen molar-refractivity contribution in [3.8, 4) is 5.75 Å². The van der Waals surface area contributed by atoms with E-state index in [0.717, 1.165) is 12.8 Å². The molecule has 112 valence electrons. The molecule has 0 spiro atoms. The quantitative estimate of drug-likeness (QED) is 0.808. The number of benzene rings is 1. The zero-order chi connectivity index (χ0) is 15.1. The number of aliphatic hydroxyl groups excluding tert-OH is 1. The van der Waals surface area contributed by atoms with Crippen molar-refractivity contribution in [1.82, 2.24) is 5.32 Å². The summed E-state index contributed by atoms with van der Waals surface area (Å²) in [5.74, 6) is -0.353. The van der Waals surface area contributed by atoms with Crippen molar-refractivity contribution in [2.45, 2.75) is 52.4 Å². The van der Waals surface area contributed by atoms with Crippen LogP contribution < -0.4 is 10.1 Å². The molecule has 2 N–H and O–H groups in total. The average Bonchev–Trinajstić information content (AvgIpc) is 2.40. The van der Waals surface area contributed by atoms with Gasteiger partial charge in [-0.1, -0.05) is 13.3 Å². The summed E-state index contributed by atoms with van der Waals surface area (Å²) in [6.45, 7) is 5.27. The molecular formula is C15H22FNO3. The van der Waals surface area contributed by atoms with Crippen LogP contribution in [0.2, 0.25) is 0 Å². The number of carbonyl (C=O) groups is 1. The van der Waals surface area contributed by atoms with Crippen molar-refractivity contribution in [1.29, 1.82) is 0 Å². The topological polar surface area (TPSA) is 58.6 Å². The van der Waals surface area contributed by atoms with Crippen molar-refractivity contribution >= 4 is 5.91 Å². The first-order chi connectivity index (χ1) is 9.47. The van der Waals surface area contributed by atoms with Crippen molar-refractivity contribution < 1.29 is 19.0 Å². The summed E-state index contributed by atoms with van der Waals surface area (Å²) in [6.07, 6.45) is 1.19. The number of hydrogen-bond donors (Lipinski definition) is 2. The molecule has 0 saturated carbocycles. The molecule has 20 heavy (non-hydrogen) atoms. The summed E-state index contributed by atoms with van der Waals surface area (Å²) >= 11 is 0. The van der Waals surface area contributed by atoms with Gasteiger partial charge >= 0.3 is 0 Å². The van der Waals surface area contributed by atoms with Gasteiger partial charge in [0.25, 0.3) is 5.91 Å². The highest BCUT2D eigenvalue weighted by molar-refractivity contribution is 5.81. The molecule has 0 radical (unpaired) electrons. The van der Waals surface area contributed by atoms with E-state index in [1.807, 2.05) is 6.92 Å². The van der Waals surface area contributed by atoms with Gasteiger partial charge < -0.3 is 15.2 Å². The van der Waals surface area contributed by atoms with Gasteiger partial charge in [-0.15, -0.1) is 0 Å². The van der Waals surface area contributed by atoms with E-state index in [4.69, 9.17) is 9.84 Å². The Balaban J connectivity index is 2.65. The molecule has 1 aromatic rings. The zero-order valence-electron chi connectivity index (χ0n) is 12.1. The molecule has 0 heterocycles. The van der Waals surface area contributed by atoms with Crippen LogP contribution in [0.1, 0.15) is 39.2 Å². The van der Waals surface area contributed by atoms with Crippen LogP contribution in [-0.4, -0.2) is 23.2 Å². The standard InChI is InChI=1S/C15H22FNO3/c1-4-5-10(2)17-15(19)11(3)20-14-7-6-13(16)8-12(14)9-18/h6-8,10-11,18H,4-5,9H2,1-3H3,(H,17,19). The molecule has 1 amide bonds. The summed E-state index contributed by atoms with van der Waals surface area (Å²) in [7, 11) is 0. The molecule has 2 unspecified atom stereocenters. The average molecular weight is 283 g/mol. The van der Waals surface area contributed by atoms with E-state index in [2.05, 4.69) is 12.2 Å². The molecule has 0 aliphatic heterocycles. The van der Waals surface area contributed by atoms with Gasteiger partial charge in [-0.2, -0.15) is 0 Å². The van der Waals surface area contributed by atoms with Crippen molar-refractivity contribution in [2.24, 2.45) is 0 Å². The van der Waals surface area contributed by atoms with Crippen LogP contribution in [0.5, 0.6) is 5.75 Å². The van der Waals surface area contributed by atoms with Crippen molar-refractivity contribution in [3.05, 3.63) is 29.6 Å². The van der Waals surface area contributed by atoms with Crippen molar-refractivity contribution in [3.63, 3.8) is 0 Å². The Kier molecular flexibility index (Phi) is 6.45. The summed E-state index contributed by atoms with van der Waals surface area (Å²) in [4.78, 5) is 11.9. The first kappa shape index (κ1) is 16.4. The maximum atomic E-state index is 13.0. The molecule has 2 atom stereocenters. The lowest BCUT2D eigenvalue weighted by atomic mass is 10.2. The molecule has 4 nitrogen and oxygen atoms in total. The fraction of sp³-hybridized carbons (Fsp3) is 0.533. The SMILES string of the molecule is CCCC(C)NC(=O)C(C)Oc1ccc(F)cc1CO. The highest BCUT2D eigenvalue weighted by atomic mass is 19.1. The lowest BCUT2D eigenvalue weighted by Crippen LogP contribution is -2.41. The molecule has 5 heteroatoms. The monoisotopic (exact) mass is 283 g/mol. The number of hydrogen-bond acceptors (Lipinski definition) is 3. The third-order valence-electron chi connectivity index (χ3n) is 2.98. The fourth-order valence-electron chi connectivity index (χ4n) is 1.90. The summed E-state index contributed by atoms with van der Waals surface area (Å²) in [5.41, 5.74) is 0.325. The second-order valence-corrected chi connectivity index (χ2v) is 4.87. The molecule has 1 rings (SSSR count). The Morgan fingerprint density at radius 1 is 1.45 bits per heavy atom. The summed E-state index contributed by atoms with van der Waals surface area (Å²) < 4.78 is 18.5. The Hall–Kier alpha value is -1.62. The Morgan fingerprint density at radius 2 is 2.15 bits per heavy atom. The van der Waals surface area contributed by atoms with Gasteiger partial charge in [0.05, 0.1) is 6.61 Å². The van der Waals surface area contributed by atoms with E-state index >= 15 is 0 Å². The number of ether oxygens (including phenoxy) is 1.